The van der Waals surface area contributed by atoms with Crippen LogP contribution in [0.3, 0.4) is 0 Å². The number of ether oxygens (including phenoxy) is 4. The zero-order chi connectivity index (χ0) is 26.1. The van der Waals surface area contributed by atoms with E-state index in [0.717, 1.165) is 11.3 Å². The Labute approximate surface area is 218 Å². The van der Waals surface area contributed by atoms with Gasteiger partial charge in [0.1, 0.15) is 0 Å². The number of methoxy groups -OCH3 is 4. The molecule has 8 nitrogen and oxygen atoms in total. The summed E-state index contributed by atoms with van der Waals surface area (Å²) in [7, 11) is 5.91. The molecular weight excluding hydrogens is 530 g/mol. The Balaban J connectivity index is 1.83. The maximum Gasteiger partial charge on any atom is 0.336 e. The van der Waals surface area contributed by atoms with Crippen molar-refractivity contribution in [2.45, 2.75) is 31.6 Å². The molecule has 2 aromatic rings. The molecule has 190 valence electrons. The van der Waals surface area contributed by atoms with Gasteiger partial charge in [-0.25, -0.2) is 4.79 Å². The van der Waals surface area contributed by atoms with Crippen LogP contribution >= 0.6 is 15.9 Å². The zero-order valence-electron chi connectivity index (χ0n) is 20.7. The van der Waals surface area contributed by atoms with E-state index in [2.05, 4.69) is 21.2 Å². The third-order valence-corrected chi connectivity index (χ3v) is 7.32. The van der Waals surface area contributed by atoms with Crippen molar-refractivity contribution in [1.29, 1.82) is 0 Å². The number of halogens is 1. The molecule has 0 aromatic heterocycles. The van der Waals surface area contributed by atoms with E-state index in [0.29, 0.717) is 44.8 Å². The van der Waals surface area contributed by atoms with Crippen molar-refractivity contribution >= 4 is 27.7 Å². The van der Waals surface area contributed by atoms with E-state index in [-0.39, 0.29) is 29.6 Å². The first-order valence-corrected chi connectivity index (χ1v) is 12.1. The summed E-state index contributed by atoms with van der Waals surface area (Å²) < 4.78 is 21.6. The van der Waals surface area contributed by atoms with Gasteiger partial charge in [0.15, 0.2) is 28.8 Å². The molecule has 9 heteroatoms. The second kappa shape index (κ2) is 10.3. The monoisotopic (exact) mass is 557 g/mol. The lowest BCUT2D eigenvalue weighted by molar-refractivity contribution is -0.136. The molecule has 1 aliphatic carbocycles. The molecule has 2 atom stereocenters. The van der Waals surface area contributed by atoms with E-state index < -0.39 is 11.9 Å². The van der Waals surface area contributed by atoms with E-state index in [1.54, 1.807) is 33.3 Å². The van der Waals surface area contributed by atoms with Crippen LogP contribution in [0.25, 0.3) is 0 Å². The number of carbonyl (C=O) groups excluding carboxylic acids is 2. The van der Waals surface area contributed by atoms with Gasteiger partial charge in [-0.1, -0.05) is 6.07 Å². The van der Waals surface area contributed by atoms with Crippen LogP contribution in [0.5, 0.6) is 23.0 Å². The van der Waals surface area contributed by atoms with Crippen molar-refractivity contribution < 1.29 is 33.6 Å². The second-order valence-corrected chi connectivity index (χ2v) is 9.53. The molecule has 0 unspecified atom stereocenters. The molecule has 2 aromatic carbocycles. The minimum atomic E-state index is -0.682. The highest BCUT2D eigenvalue weighted by Crippen LogP contribution is 2.48. The van der Waals surface area contributed by atoms with E-state index in [1.807, 2.05) is 18.2 Å². The number of phenols is 1. The molecular formula is C27H28BrNO7. The average Bonchev–Trinajstić information content (AvgIpc) is 2.88. The first kappa shape index (κ1) is 25.6. The van der Waals surface area contributed by atoms with Crippen molar-refractivity contribution in [3.8, 4) is 23.0 Å². The van der Waals surface area contributed by atoms with E-state index in [4.69, 9.17) is 18.9 Å². The van der Waals surface area contributed by atoms with Crippen molar-refractivity contribution in [3.05, 3.63) is 68.5 Å². The minimum absolute atomic E-state index is 0.0619. The van der Waals surface area contributed by atoms with Gasteiger partial charge in [-0.3, -0.25) is 4.79 Å². The fourth-order valence-electron chi connectivity index (χ4n) is 5.01. The molecule has 36 heavy (non-hydrogen) atoms. The van der Waals surface area contributed by atoms with Crippen LogP contribution in [0.2, 0.25) is 0 Å². The van der Waals surface area contributed by atoms with Crippen LogP contribution < -0.4 is 19.5 Å². The first-order chi connectivity index (χ1) is 17.2. The largest absolute Gasteiger partial charge is 0.503 e. The number of hydrogen-bond acceptors (Lipinski definition) is 8. The highest BCUT2D eigenvalue weighted by atomic mass is 79.9. The van der Waals surface area contributed by atoms with Gasteiger partial charge in [-0.15, -0.1) is 0 Å². The van der Waals surface area contributed by atoms with Crippen LogP contribution in [0.4, 0.5) is 0 Å². The fraction of sp³-hybridized carbons (Fsp3) is 0.333. The number of hydrogen-bond donors (Lipinski definition) is 2. The van der Waals surface area contributed by atoms with Crippen LogP contribution in [0.15, 0.2) is 57.3 Å². The number of phenolic OH excluding ortho intramolecular Hbond substituents is 1. The molecule has 0 bridgehead atoms. The highest BCUT2D eigenvalue weighted by molar-refractivity contribution is 9.10. The van der Waals surface area contributed by atoms with Gasteiger partial charge >= 0.3 is 5.97 Å². The lowest BCUT2D eigenvalue weighted by Crippen LogP contribution is -2.36. The number of aromatic hydroxyl groups is 1. The molecule has 0 fully saturated rings. The summed E-state index contributed by atoms with van der Waals surface area (Å²) in [4.78, 5) is 26.6. The van der Waals surface area contributed by atoms with Crippen molar-refractivity contribution in [3.63, 3.8) is 0 Å². The standard InChI is InChI=1S/C27H28BrNO7/c1-13-23(27(32)36-5)24(16-8-17(28)26(31)22(12-16)35-4)25-18(29-13)9-15(10-19(25)30)14-6-7-20(33-2)21(11-14)34-3/h6-8,11-12,15,24,29,31H,9-10H2,1-5H3/t15-,24-/m0/s1. The number of dihydropyridines is 1. The molecule has 2 aliphatic rings. The minimum Gasteiger partial charge on any atom is -0.503 e. The number of rotatable bonds is 6. The van der Waals surface area contributed by atoms with Gasteiger partial charge in [-0.05, 0) is 70.6 Å². The van der Waals surface area contributed by atoms with Gasteiger partial charge in [0.2, 0.25) is 0 Å². The molecule has 1 heterocycles. The second-order valence-electron chi connectivity index (χ2n) is 8.68. The Hall–Kier alpha value is -3.46. The Morgan fingerprint density at radius 2 is 1.64 bits per heavy atom. The highest BCUT2D eigenvalue weighted by Gasteiger charge is 2.41. The first-order valence-electron chi connectivity index (χ1n) is 11.3. The average molecular weight is 558 g/mol. The molecule has 0 amide bonds. The third-order valence-electron chi connectivity index (χ3n) is 6.72. The van der Waals surface area contributed by atoms with Crippen LogP contribution in [0.1, 0.15) is 42.7 Å². The number of carbonyl (C=O) groups is 2. The van der Waals surface area contributed by atoms with Gasteiger partial charge < -0.3 is 29.4 Å². The van der Waals surface area contributed by atoms with Crippen LogP contribution in [-0.2, 0) is 14.3 Å². The number of benzene rings is 2. The smallest absolute Gasteiger partial charge is 0.336 e. The lowest BCUT2D eigenvalue weighted by atomic mass is 9.71. The number of ketones is 1. The number of Topliss-reactive ketones (excluding diaryl/α,β-unsaturated/α-hetero) is 1. The predicted molar refractivity (Wildman–Crippen MR) is 137 cm³/mol. The normalized spacial score (nSPS) is 19.4. The van der Waals surface area contributed by atoms with E-state index in [1.165, 1.54) is 14.2 Å². The molecule has 0 saturated heterocycles. The third kappa shape index (κ3) is 4.43. The van der Waals surface area contributed by atoms with Gasteiger partial charge in [0, 0.05) is 29.3 Å². The van der Waals surface area contributed by atoms with Crippen molar-refractivity contribution in [1.82, 2.24) is 5.32 Å². The summed E-state index contributed by atoms with van der Waals surface area (Å²) in [6.45, 7) is 1.79. The fourth-order valence-corrected chi connectivity index (χ4v) is 5.47. The van der Waals surface area contributed by atoms with E-state index >= 15 is 0 Å². The Kier molecular flexibility index (Phi) is 7.31. The summed E-state index contributed by atoms with van der Waals surface area (Å²) in [5.41, 5.74) is 3.80. The number of nitrogens with one attached hydrogen (secondary N) is 1. The predicted octanol–water partition coefficient (Wildman–Crippen LogP) is 4.72. The summed E-state index contributed by atoms with van der Waals surface area (Å²) in [6.07, 6.45) is 0.825. The SMILES string of the molecule is COC(=O)C1=C(C)NC2=C(C(=O)C[C@@H](c3ccc(OC)c(OC)c3)C2)[C@H]1c1cc(Br)c(O)c(OC)c1. The molecule has 0 spiro atoms. The lowest BCUT2D eigenvalue weighted by Gasteiger charge is -2.36. The molecule has 1 aliphatic heterocycles. The number of esters is 1. The van der Waals surface area contributed by atoms with Crippen LogP contribution in [-0.4, -0.2) is 45.3 Å². The summed E-state index contributed by atoms with van der Waals surface area (Å²) in [5, 5.41) is 13.6. The maximum absolute atomic E-state index is 13.7. The molecule has 4 rings (SSSR count). The Bertz CT molecular complexity index is 1300. The van der Waals surface area contributed by atoms with Gasteiger partial charge in [0.05, 0.1) is 38.5 Å². The summed E-state index contributed by atoms with van der Waals surface area (Å²) in [6, 6.07) is 9.01. The zero-order valence-corrected chi connectivity index (χ0v) is 22.3. The maximum atomic E-state index is 13.7. The number of allylic oxidation sites excluding steroid dienone is 3. The summed E-state index contributed by atoms with van der Waals surface area (Å²) >= 11 is 3.36. The molecule has 2 N–H and O–H groups in total. The van der Waals surface area contributed by atoms with Gasteiger partial charge in [0.25, 0.3) is 0 Å². The quantitative estimate of drug-likeness (QED) is 0.492. The topological polar surface area (TPSA) is 103 Å². The molecule has 0 radical (unpaired) electrons. The van der Waals surface area contributed by atoms with Crippen LogP contribution in [0, 0.1) is 0 Å². The van der Waals surface area contributed by atoms with E-state index in [9.17, 15) is 14.7 Å². The Morgan fingerprint density at radius 3 is 2.28 bits per heavy atom. The van der Waals surface area contributed by atoms with Gasteiger partial charge in [-0.2, -0.15) is 0 Å². The van der Waals surface area contributed by atoms with Crippen molar-refractivity contribution in [2.75, 3.05) is 28.4 Å². The van der Waals surface area contributed by atoms with Crippen molar-refractivity contribution in [2.24, 2.45) is 0 Å². The Morgan fingerprint density at radius 1 is 0.972 bits per heavy atom. The summed E-state index contributed by atoms with van der Waals surface area (Å²) in [5.74, 6) is 0.00661. The molecule has 0 saturated carbocycles.